The lowest BCUT2D eigenvalue weighted by atomic mass is 10.1. The minimum Gasteiger partial charge on any atom is -1.00 e. The normalized spacial score (nSPS) is 11.4. The molecule has 2 aromatic heterocycles. The smallest absolute Gasteiger partial charge is 0.607 e. The molecule has 0 saturated carbocycles. The Bertz CT molecular complexity index is 791. The lowest BCUT2D eigenvalue weighted by Gasteiger charge is -2.06. The van der Waals surface area contributed by atoms with Crippen molar-refractivity contribution < 1.29 is 71.3 Å². The van der Waals surface area contributed by atoms with Gasteiger partial charge in [-0.05, 0) is 11.1 Å². The Hall–Kier alpha value is -0.440. The monoisotopic (exact) mass is 504 g/mol. The van der Waals surface area contributed by atoms with Crippen LogP contribution in [0.4, 0.5) is 0 Å². The molecule has 12 heteroatoms. The number of aryl methyl sites for hydroxylation is 1. The molecule has 0 radical (unpaired) electrons. The first kappa shape index (κ1) is 23.6. The van der Waals surface area contributed by atoms with E-state index in [0.717, 1.165) is 8.68 Å². The SMILES string of the molecule is CCc1cc(-c2cc[n+](P(=O)(O)O)cc2)cc[n+]1P(=O)(O)O.[Br-].[Br-]. The summed E-state index contributed by atoms with van der Waals surface area (Å²) >= 11 is 0. The molecule has 0 aromatic carbocycles. The minimum absolute atomic E-state index is 0. The molecule has 0 fully saturated rings. The van der Waals surface area contributed by atoms with E-state index in [4.69, 9.17) is 9.79 Å². The van der Waals surface area contributed by atoms with Crippen molar-refractivity contribution >= 4 is 15.5 Å². The molecule has 0 amide bonds. The Balaban J connectivity index is 0.00000264. The molecule has 0 aliphatic carbocycles. The Morgan fingerprint density at radius 1 is 0.875 bits per heavy atom. The van der Waals surface area contributed by atoms with Crippen molar-refractivity contribution in [2.24, 2.45) is 0 Å². The van der Waals surface area contributed by atoms with E-state index in [-0.39, 0.29) is 34.0 Å². The van der Waals surface area contributed by atoms with Gasteiger partial charge in [-0.25, -0.2) is 0 Å². The third-order valence-electron chi connectivity index (χ3n) is 3.10. The molecule has 0 spiro atoms. The number of hydrogen-bond acceptors (Lipinski definition) is 2. The summed E-state index contributed by atoms with van der Waals surface area (Å²) in [5.41, 5.74) is 1.83. The number of pyridine rings is 2. The summed E-state index contributed by atoms with van der Waals surface area (Å²) in [7, 11) is -8.77. The number of nitrogens with zero attached hydrogens (tertiary/aromatic N) is 2. The van der Waals surface area contributed by atoms with Gasteiger partial charge in [-0.15, -0.1) is 8.68 Å². The Morgan fingerprint density at radius 2 is 1.38 bits per heavy atom. The van der Waals surface area contributed by atoms with Crippen LogP contribution in [0.1, 0.15) is 12.6 Å². The van der Waals surface area contributed by atoms with Crippen molar-refractivity contribution in [3.63, 3.8) is 0 Å². The van der Waals surface area contributed by atoms with E-state index in [1.54, 1.807) is 13.0 Å². The summed E-state index contributed by atoms with van der Waals surface area (Å²) in [5.74, 6) is 0. The molecular formula is C12H16Br2N2O6P2. The topological polar surface area (TPSA) is 123 Å². The van der Waals surface area contributed by atoms with Crippen molar-refractivity contribution in [2.45, 2.75) is 13.3 Å². The van der Waals surface area contributed by atoms with E-state index in [1.165, 1.54) is 36.8 Å². The first-order chi connectivity index (χ1) is 10.1. The minimum atomic E-state index is -4.40. The summed E-state index contributed by atoms with van der Waals surface area (Å²) in [6.45, 7) is 1.78. The summed E-state index contributed by atoms with van der Waals surface area (Å²) in [6, 6.07) is 6.22. The molecular weight excluding hydrogens is 490 g/mol. The predicted octanol–water partition coefficient (Wildman–Crippen LogP) is -5.62. The van der Waals surface area contributed by atoms with Crippen molar-refractivity contribution in [1.82, 2.24) is 0 Å². The molecule has 0 saturated heterocycles. The van der Waals surface area contributed by atoms with Crippen LogP contribution in [0.3, 0.4) is 0 Å². The molecule has 8 nitrogen and oxygen atoms in total. The van der Waals surface area contributed by atoms with Crippen LogP contribution >= 0.6 is 15.5 Å². The van der Waals surface area contributed by atoms with E-state index in [9.17, 15) is 18.9 Å². The van der Waals surface area contributed by atoms with Crippen LogP contribution in [0, 0.1) is 0 Å². The lowest BCUT2D eigenvalue weighted by Crippen LogP contribution is -3.00. The van der Waals surface area contributed by atoms with Gasteiger partial charge in [-0.2, -0.15) is 9.13 Å². The first-order valence-electron chi connectivity index (χ1n) is 6.32. The molecule has 2 heterocycles. The fraction of sp³-hybridized carbons (Fsp3) is 0.167. The highest BCUT2D eigenvalue weighted by atomic mass is 79.9. The summed E-state index contributed by atoms with van der Waals surface area (Å²) in [5, 5.41) is 0. The second-order valence-corrected chi connectivity index (χ2v) is 7.54. The van der Waals surface area contributed by atoms with Crippen molar-refractivity contribution in [1.29, 1.82) is 0 Å². The maximum absolute atomic E-state index is 11.4. The zero-order valence-electron chi connectivity index (χ0n) is 12.4. The van der Waals surface area contributed by atoms with E-state index in [2.05, 4.69) is 0 Å². The predicted molar refractivity (Wildman–Crippen MR) is 76.5 cm³/mol. The number of hydrogen-bond donors (Lipinski definition) is 4. The van der Waals surface area contributed by atoms with E-state index in [0.29, 0.717) is 23.2 Å². The van der Waals surface area contributed by atoms with Gasteiger partial charge in [0.25, 0.3) is 0 Å². The Labute approximate surface area is 159 Å². The van der Waals surface area contributed by atoms with Crippen LogP contribution in [0.25, 0.3) is 11.1 Å². The average molecular weight is 506 g/mol. The van der Waals surface area contributed by atoms with Gasteiger partial charge in [0.2, 0.25) is 0 Å². The van der Waals surface area contributed by atoms with Gasteiger partial charge in [0.05, 0.1) is 0 Å². The van der Waals surface area contributed by atoms with Crippen LogP contribution in [0.5, 0.6) is 0 Å². The summed E-state index contributed by atoms with van der Waals surface area (Å²) < 4.78 is 24.2. The van der Waals surface area contributed by atoms with Crippen LogP contribution in [0.2, 0.25) is 0 Å². The number of aromatic nitrogens is 2. The number of halogens is 2. The van der Waals surface area contributed by atoms with E-state index < -0.39 is 15.5 Å². The van der Waals surface area contributed by atoms with Crippen LogP contribution < -0.4 is 42.6 Å². The van der Waals surface area contributed by atoms with Gasteiger partial charge in [0.1, 0.15) is 0 Å². The maximum atomic E-state index is 11.4. The highest BCUT2D eigenvalue weighted by Crippen LogP contribution is 2.31. The van der Waals surface area contributed by atoms with E-state index in [1.807, 2.05) is 0 Å². The molecule has 4 N–H and O–H groups in total. The van der Waals surface area contributed by atoms with Crippen molar-refractivity contribution in [3.05, 3.63) is 48.5 Å². The molecule has 24 heavy (non-hydrogen) atoms. The molecule has 2 rings (SSSR count). The van der Waals surface area contributed by atoms with Gasteiger partial charge in [0.15, 0.2) is 24.3 Å². The lowest BCUT2D eigenvalue weighted by molar-refractivity contribution is -0.548. The summed E-state index contributed by atoms with van der Waals surface area (Å²) in [4.78, 5) is 36.6. The third-order valence-corrected chi connectivity index (χ3v) is 4.92. The highest BCUT2D eigenvalue weighted by molar-refractivity contribution is 7.44. The second-order valence-electron chi connectivity index (χ2n) is 4.60. The first-order valence-corrected chi connectivity index (χ1v) is 9.45. The Morgan fingerprint density at radius 3 is 1.79 bits per heavy atom. The molecule has 0 aliphatic heterocycles. The van der Waals surface area contributed by atoms with Gasteiger partial charge >= 0.3 is 15.5 Å². The van der Waals surface area contributed by atoms with Crippen LogP contribution in [-0.4, -0.2) is 19.6 Å². The second kappa shape index (κ2) is 8.78. The number of rotatable bonds is 4. The van der Waals surface area contributed by atoms with Crippen molar-refractivity contribution in [3.8, 4) is 11.1 Å². The summed E-state index contributed by atoms with van der Waals surface area (Å²) in [6.07, 6.45) is 4.24. The standard InChI is InChI=1S/C12H14N2O6P2.2BrH/c1-2-12-9-11(5-8-14(12)22(18,19)20)10-3-6-13(7-4-10)21(15,16)17;;/h3-9H,2H2,1H3,(H2-2,15,16,17,18,19,20);2*1H. The zero-order chi connectivity index (χ0) is 16.5. The molecule has 134 valence electrons. The highest BCUT2D eigenvalue weighted by Gasteiger charge is 2.31. The zero-order valence-corrected chi connectivity index (χ0v) is 17.4. The average Bonchev–Trinajstić information content (AvgIpc) is 2.45. The third kappa shape index (κ3) is 5.54. The van der Waals surface area contributed by atoms with Gasteiger partial charge < -0.3 is 34.0 Å². The van der Waals surface area contributed by atoms with Gasteiger partial charge in [-0.1, -0.05) is 6.92 Å². The largest absolute Gasteiger partial charge is 1.00 e. The maximum Gasteiger partial charge on any atom is 0.607 e. The van der Waals surface area contributed by atoms with Gasteiger partial charge in [0, 0.05) is 30.7 Å². The fourth-order valence-corrected chi connectivity index (χ4v) is 3.28. The quantitative estimate of drug-likeness (QED) is 0.307. The molecule has 0 unspecified atom stereocenters. The molecule has 0 atom stereocenters. The molecule has 0 aliphatic rings. The van der Waals surface area contributed by atoms with E-state index >= 15 is 0 Å². The fourth-order valence-electron chi connectivity index (χ4n) is 2.02. The van der Waals surface area contributed by atoms with Crippen molar-refractivity contribution in [2.75, 3.05) is 0 Å². The van der Waals surface area contributed by atoms with Gasteiger partial charge in [-0.3, -0.25) is 19.6 Å². The Kier molecular flexibility index (Phi) is 8.62. The molecule has 2 aromatic rings. The van der Waals surface area contributed by atoms with Crippen LogP contribution in [-0.2, 0) is 15.6 Å². The molecule has 0 bridgehead atoms. The van der Waals surface area contributed by atoms with Crippen LogP contribution in [0.15, 0.2) is 42.9 Å².